The molecule has 0 fully saturated rings. The summed E-state index contributed by atoms with van der Waals surface area (Å²) in [6.07, 6.45) is 0.884. The Bertz CT molecular complexity index is 628. The number of nitrogen functional groups attached to an aromatic ring is 1. The number of benzene rings is 1. The van der Waals surface area contributed by atoms with Gasteiger partial charge in [0.1, 0.15) is 17.5 Å². The van der Waals surface area contributed by atoms with Gasteiger partial charge in [-0.2, -0.15) is 5.26 Å². The molecule has 0 unspecified atom stereocenters. The first-order chi connectivity index (χ1) is 9.15. The smallest absolute Gasteiger partial charge is 0.224 e. The summed E-state index contributed by atoms with van der Waals surface area (Å²) >= 11 is 5.91. The van der Waals surface area contributed by atoms with Crippen LogP contribution in [-0.2, 0) is 6.54 Å². The third-order valence-corrected chi connectivity index (χ3v) is 2.88. The van der Waals surface area contributed by atoms with E-state index < -0.39 is 0 Å². The second-order valence-corrected chi connectivity index (χ2v) is 4.55. The van der Waals surface area contributed by atoms with E-state index in [1.54, 1.807) is 34.9 Å². The standard InChI is InChI=1S/C14H14ClN3O/c1-2-6-18-11(9-16)8-13(17)14(18)19-12-5-3-4-10(15)7-12/h3-5,7-8H,2,6,17H2,1H3. The van der Waals surface area contributed by atoms with Crippen LogP contribution in [0.25, 0.3) is 0 Å². The molecule has 0 saturated heterocycles. The van der Waals surface area contributed by atoms with Crippen LogP contribution in [0.15, 0.2) is 30.3 Å². The summed E-state index contributed by atoms with van der Waals surface area (Å²) in [5.41, 5.74) is 6.85. The fraction of sp³-hybridized carbons (Fsp3) is 0.214. The Morgan fingerprint density at radius 2 is 2.21 bits per heavy atom. The number of nitrogens with two attached hydrogens (primary N) is 1. The molecular weight excluding hydrogens is 262 g/mol. The van der Waals surface area contributed by atoms with E-state index in [2.05, 4.69) is 6.07 Å². The quantitative estimate of drug-likeness (QED) is 0.923. The molecule has 0 atom stereocenters. The van der Waals surface area contributed by atoms with Crippen molar-refractivity contribution in [2.45, 2.75) is 19.9 Å². The van der Waals surface area contributed by atoms with Crippen molar-refractivity contribution in [2.24, 2.45) is 0 Å². The van der Waals surface area contributed by atoms with Gasteiger partial charge in [-0.3, -0.25) is 0 Å². The Labute approximate surface area is 117 Å². The monoisotopic (exact) mass is 275 g/mol. The summed E-state index contributed by atoms with van der Waals surface area (Å²) in [6.45, 7) is 2.70. The van der Waals surface area contributed by atoms with Crippen molar-refractivity contribution in [3.63, 3.8) is 0 Å². The predicted molar refractivity (Wildman–Crippen MR) is 75.4 cm³/mol. The number of anilines is 1. The van der Waals surface area contributed by atoms with Crippen LogP contribution in [0.5, 0.6) is 11.6 Å². The molecule has 2 rings (SSSR count). The van der Waals surface area contributed by atoms with Crippen LogP contribution >= 0.6 is 11.6 Å². The van der Waals surface area contributed by atoms with E-state index in [1.165, 1.54) is 0 Å². The number of hydrogen-bond acceptors (Lipinski definition) is 3. The topological polar surface area (TPSA) is 64.0 Å². The van der Waals surface area contributed by atoms with E-state index in [4.69, 9.17) is 27.3 Å². The van der Waals surface area contributed by atoms with Crippen molar-refractivity contribution in [3.05, 3.63) is 41.0 Å². The molecule has 0 bridgehead atoms. The highest BCUT2D eigenvalue weighted by Crippen LogP contribution is 2.32. The third kappa shape index (κ3) is 2.83. The van der Waals surface area contributed by atoms with Gasteiger partial charge >= 0.3 is 0 Å². The van der Waals surface area contributed by atoms with E-state index >= 15 is 0 Å². The molecule has 1 aromatic carbocycles. The summed E-state index contributed by atoms with van der Waals surface area (Å²) in [6, 6.07) is 10.8. The fourth-order valence-electron chi connectivity index (χ4n) is 1.85. The van der Waals surface area contributed by atoms with Crippen LogP contribution in [0.4, 0.5) is 5.69 Å². The van der Waals surface area contributed by atoms with E-state index in [1.807, 2.05) is 6.92 Å². The first-order valence-corrected chi connectivity index (χ1v) is 6.36. The molecule has 19 heavy (non-hydrogen) atoms. The summed E-state index contributed by atoms with van der Waals surface area (Å²) in [5.74, 6) is 1.08. The van der Waals surface area contributed by atoms with E-state index in [0.717, 1.165) is 6.42 Å². The van der Waals surface area contributed by atoms with Gasteiger partial charge in [0.2, 0.25) is 5.88 Å². The van der Waals surface area contributed by atoms with Gasteiger partial charge in [0.15, 0.2) is 0 Å². The molecule has 0 radical (unpaired) electrons. The number of rotatable bonds is 4. The van der Waals surface area contributed by atoms with E-state index in [9.17, 15) is 0 Å². The molecule has 0 spiro atoms. The molecule has 4 nitrogen and oxygen atoms in total. The van der Waals surface area contributed by atoms with Gasteiger partial charge in [0.05, 0.1) is 5.69 Å². The van der Waals surface area contributed by atoms with Crippen molar-refractivity contribution >= 4 is 17.3 Å². The molecule has 5 heteroatoms. The maximum atomic E-state index is 9.09. The predicted octanol–water partition coefficient (Wildman–Crippen LogP) is 3.80. The molecule has 0 aliphatic heterocycles. The first kappa shape index (κ1) is 13.3. The Hall–Kier alpha value is -2.12. The number of hydrogen-bond donors (Lipinski definition) is 1. The SMILES string of the molecule is CCCn1c(C#N)cc(N)c1Oc1cccc(Cl)c1. The van der Waals surface area contributed by atoms with Crippen molar-refractivity contribution in [1.82, 2.24) is 4.57 Å². The van der Waals surface area contributed by atoms with Crippen molar-refractivity contribution < 1.29 is 4.74 Å². The van der Waals surface area contributed by atoms with Crippen LogP contribution in [0.1, 0.15) is 19.0 Å². The van der Waals surface area contributed by atoms with Crippen LogP contribution in [0.3, 0.4) is 0 Å². The minimum Gasteiger partial charge on any atom is -0.439 e. The fourth-order valence-corrected chi connectivity index (χ4v) is 2.03. The number of ether oxygens (including phenoxy) is 1. The maximum absolute atomic E-state index is 9.09. The van der Waals surface area contributed by atoms with Crippen molar-refractivity contribution in [1.29, 1.82) is 5.26 Å². The lowest BCUT2D eigenvalue weighted by molar-refractivity contribution is 0.428. The molecule has 98 valence electrons. The molecular formula is C14H14ClN3O. The van der Waals surface area contributed by atoms with Gasteiger partial charge in [0.25, 0.3) is 0 Å². The molecule has 0 amide bonds. The Morgan fingerprint density at radius 1 is 1.42 bits per heavy atom. The maximum Gasteiger partial charge on any atom is 0.224 e. The second kappa shape index (κ2) is 5.68. The summed E-state index contributed by atoms with van der Waals surface area (Å²) in [4.78, 5) is 0. The zero-order chi connectivity index (χ0) is 13.8. The number of nitriles is 1. The minimum atomic E-state index is 0.449. The molecule has 0 saturated carbocycles. The minimum absolute atomic E-state index is 0.449. The lowest BCUT2D eigenvalue weighted by Crippen LogP contribution is -2.03. The molecule has 2 N–H and O–H groups in total. The molecule has 1 aromatic heterocycles. The van der Waals surface area contributed by atoms with E-state index in [0.29, 0.717) is 34.6 Å². The van der Waals surface area contributed by atoms with E-state index in [-0.39, 0.29) is 0 Å². The number of halogens is 1. The molecule has 2 aromatic rings. The summed E-state index contributed by atoms with van der Waals surface area (Å²) < 4.78 is 7.53. The Morgan fingerprint density at radius 3 is 2.84 bits per heavy atom. The zero-order valence-corrected chi connectivity index (χ0v) is 11.3. The summed E-state index contributed by atoms with van der Waals surface area (Å²) in [5, 5.41) is 9.68. The van der Waals surface area contributed by atoms with Gasteiger partial charge in [-0.25, -0.2) is 0 Å². The highest BCUT2D eigenvalue weighted by atomic mass is 35.5. The van der Waals surface area contributed by atoms with Crippen molar-refractivity contribution in [2.75, 3.05) is 5.73 Å². The van der Waals surface area contributed by atoms with Gasteiger partial charge in [-0.1, -0.05) is 24.6 Å². The largest absolute Gasteiger partial charge is 0.439 e. The van der Waals surface area contributed by atoms with Gasteiger partial charge in [-0.05, 0) is 24.6 Å². The van der Waals surface area contributed by atoms with Crippen molar-refractivity contribution in [3.8, 4) is 17.7 Å². The number of nitrogens with zero attached hydrogens (tertiary/aromatic N) is 2. The Kier molecular flexibility index (Phi) is 3.98. The lowest BCUT2D eigenvalue weighted by atomic mass is 10.3. The van der Waals surface area contributed by atoms with Gasteiger partial charge < -0.3 is 15.0 Å². The van der Waals surface area contributed by atoms with Crippen LogP contribution in [0, 0.1) is 11.3 Å². The molecule has 0 aliphatic carbocycles. The second-order valence-electron chi connectivity index (χ2n) is 4.11. The lowest BCUT2D eigenvalue weighted by Gasteiger charge is -2.11. The third-order valence-electron chi connectivity index (χ3n) is 2.65. The van der Waals surface area contributed by atoms with Crippen LogP contribution < -0.4 is 10.5 Å². The molecule has 0 aliphatic rings. The average molecular weight is 276 g/mol. The molecule has 1 heterocycles. The normalized spacial score (nSPS) is 10.2. The van der Waals surface area contributed by atoms with Crippen LogP contribution in [-0.4, -0.2) is 4.57 Å². The Balaban J connectivity index is 2.39. The number of aromatic nitrogens is 1. The highest BCUT2D eigenvalue weighted by Gasteiger charge is 2.14. The first-order valence-electron chi connectivity index (χ1n) is 5.98. The van der Waals surface area contributed by atoms with Gasteiger partial charge in [-0.15, -0.1) is 0 Å². The van der Waals surface area contributed by atoms with Gasteiger partial charge in [0, 0.05) is 17.6 Å². The van der Waals surface area contributed by atoms with Crippen LogP contribution in [0.2, 0.25) is 5.02 Å². The zero-order valence-electron chi connectivity index (χ0n) is 10.6. The highest BCUT2D eigenvalue weighted by molar-refractivity contribution is 6.30. The average Bonchev–Trinajstić information content (AvgIpc) is 2.67. The summed E-state index contributed by atoms with van der Waals surface area (Å²) in [7, 11) is 0.